The van der Waals surface area contributed by atoms with Crippen LogP contribution in [0.25, 0.3) is 11.3 Å². The molecule has 0 radical (unpaired) electrons. The van der Waals surface area contributed by atoms with Gasteiger partial charge in [0.2, 0.25) is 5.88 Å². The van der Waals surface area contributed by atoms with Crippen LogP contribution in [-0.2, 0) is 7.05 Å². The van der Waals surface area contributed by atoms with Crippen molar-refractivity contribution >= 4 is 11.6 Å². The van der Waals surface area contributed by atoms with Crippen LogP contribution in [0, 0.1) is 0 Å². The van der Waals surface area contributed by atoms with Crippen LogP contribution in [0.1, 0.15) is 10.4 Å². The number of aryl methyl sites for hydroxylation is 1. The Balaban J connectivity index is 1.78. The summed E-state index contributed by atoms with van der Waals surface area (Å²) in [7, 11) is 5.15. The molecule has 3 aromatic rings. The fourth-order valence-electron chi connectivity index (χ4n) is 2.36. The molecule has 0 aliphatic rings. The molecule has 2 aromatic heterocycles. The Bertz CT molecular complexity index is 838. The van der Waals surface area contributed by atoms with Crippen LogP contribution in [0.15, 0.2) is 54.9 Å². The number of rotatable bonds is 4. The molecule has 0 saturated heterocycles. The van der Waals surface area contributed by atoms with Crippen molar-refractivity contribution in [3.63, 3.8) is 0 Å². The second kappa shape index (κ2) is 6.54. The maximum Gasteiger partial charge on any atom is 0.258 e. The number of nitrogens with zero attached hydrogens (tertiary/aromatic N) is 4. The molecule has 0 aliphatic carbocycles. The Morgan fingerprint density at radius 1 is 1.12 bits per heavy atom. The van der Waals surface area contributed by atoms with Crippen LogP contribution >= 0.6 is 0 Å². The zero-order valence-corrected chi connectivity index (χ0v) is 13.8. The zero-order valence-electron chi connectivity index (χ0n) is 13.8. The minimum Gasteiger partial charge on any atom is -0.481 e. The van der Waals surface area contributed by atoms with E-state index in [-0.39, 0.29) is 5.91 Å². The normalized spacial score (nSPS) is 10.5. The van der Waals surface area contributed by atoms with Crippen LogP contribution in [0.3, 0.4) is 0 Å². The molecular formula is C18H18N4O2. The summed E-state index contributed by atoms with van der Waals surface area (Å²) in [4.78, 5) is 18.3. The summed E-state index contributed by atoms with van der Waals surface area (Å²) in [6.45, 7) is 0. The highest BCUT2D eigenvalue weighted by Crippen LogP contribution is 2.20. The summed E-state index contributed by atoms with van der Waals surface area (Å²) in [6, 6.07) is 12.9. The lowest BCUT2D eigenvalue weighted by molar-refractivity contribution is 0.0993. The zero-order chi connectivity index (χ0) is 17.1. The minimum absolute atomic E-state index is 0.102. The maximum atomic E-state index is 12.6. The van der Waals surface area contributed by atoms with Gasteiger partial charge in [-0.1, -0.05) is 12.1 Å². The molecule has 3 rings (SSSR count). The fourth-order valence-corrected chi connectivity index (χ4v) is 2.36. The first-order valence-electron chi connectivity index (χ1n) is 7.46. The SMILES string of the molecule is COc1ccc(N(C)C(=O)c2ccc(-c3ccn(C)n3)cc2)cn1. The summed E-state index contributed by atoms with van der Waals surface area (Å²) in [5.41, 5.74) is 3.16. The fraction of sp³-hybridized carbons (Fsp3) is 0.167. The predicted octanol–water partition coefficient (Wildman–Crippen LogP) is 2.77. The van der Waals surface area contributed by atoms with Gasteiger partial charge in [-0.25, -0.2) is 4.98 Å². The smallest absolute Gasteiger partial charge is 0.258 e. The third-order valence-electron chi connectivity index (χ3n) is 3.76. The molecule has 0 bridgehead atoms. The number of hydrogen-bond donors (Lipinski definition) is 0. The van der Waals surface area contributed by atoms with Crippen LogP contribution in [-0.4, -0.2) is 34.8 Å². The first-order valence-corrected chi connectivity index (χ1v) is 7.46. The largest absolute Gasteiger partial charge is 0.481 e. The van der Waals surface area contributed by atoms with E-state index in [0.29, 0.717) is 17.1 Å². The Hall–Kier alpha value is -3.15. The molecule has 0 unspecified atom stereocenters. The predicted molar refractivity (Wildman–Crippen MR) is 92.2 cm³/mol. The van der Waals surface area contributed by atoms with Crippen molar-refractivity contribution in [2.75, 3.05) is 19.1 Å². The second-order valence-electron chi connectivity index (χ2n) is 5.37. The summed E-state index contributed by atoms with van der Waals surface area (Å²) in [5, 5.41) is 4.36. The van der Waals surface area contributed by atoms with Crippen molar-refractivity contribution in [1.82, 2.24) is 14.8 Å². The maximum absolute atomic E-state index is 12.6. The number of aromatic nitrogens is 3. The molecule has 0 aliphatic heterocycles. The van der Waals surface area contributed by atoms with Gasteiger partial charge in [0, 0.05) is 37.5 Å². The number of amides is 1. The highest BCUT2D eigenvalue weighted by Gasteiger charge is 2.14. The molecule has 0 N–H and O–H groups in total. The van der Waals surface area contributed by atoms with Gasteiger partial charge in [-0.15, -0.1) is 0 Å². The number of methoxy groups -OCH3 is 1. The first-order chi connectivity index (χ1) is 11.6. The van der Waals surface area contributed by atoms with Crippen molar-refractivity contribution in [2.45, 2.75) is 0 Å². The van der Waals surface area contributed by atoms with Crippen LogP contribution < -0.4 is 9.64 Å². The first kappa shape index (κ1) is 15.7. The Morgan fingerprint density at radius 2 is 1.88 bits per heavy atom. The third kappa shape index (κ3) is 3.12. The summed E-state index contributed by atoms with van der Waals surface area (Å²) >= 11 is 0. The topological polar surface area (TPSA) is 60.2 Å². The number of anilines is 1. The van der Waals surface area contributed by atoms with Gasteiger partial charge in [0.05, 0.1) is 24.7 Å². The van der Waals surface area contributed by atoms with Gasteiger partial charge in [-0.2, -0.15) is 5.10 Å². The molecule has 0 saturated carbocycles. The van der Waals surface area contributed by atoms with Gasteiger partial charge in [0.15, 0.2) is 0 Å². The van der Waals surface area contributed by atoms with Crippen molar-refractivity contribution < 1.29 is 9.53 Å². The van der Waals surface area contributed by atoms with E-state index in [1.54, 1.807) is 54.2 Å². The summed E-state index contributed by atoms with van der Waals surface area (Å²) < 4.78 is 6.78. The molecular weight excluding hydrogens is 304 g/mol. The number of carbonyl (C=O) groups excluding carboxylic acids is 1. The van der Waals surface area contributed by atoms with Gasteiger partial charge < -0.3 is 9.64 Å². The molecule has 122 valence electrons. The monoisotopic (exact) mass is 322 g/mol. The van der Waals surface area contributed by atoms with Gasteiger partial charge in [-0.05, 0) is 24.3 Å². The number of carbonyl (C=O) groups is 1. The summed E-state index contributed by atoms with van der Waals surface area (Å²) in [6.07, 6.45) is 3.50. The molecule has 0 spiro atoms. The van der Waals surface area contributed by atoms with Gasteiger partial charge in [-0.3, -0.25) is 9.48 Å². The third-order valence-corrected chi connectivity index (χ3v) is 3.76. The average molecular weight is 322 g/mol. The molecule has 2 heterocycles. The number of ether oxygens (including phenoxy) is 1. The van der Waals surface area contributed by atoms with Gasteiger partial charge in [0.25, 0.3) is 5.91 Å². The molecule has 0 fully saturated rings. The van der Waals surface area contributed by atoms with E-state index >= 15 is 0 Å². The Kier molecular flexibility index (Phi) is 4.29. The van der Waals surface area contributed by atoms with E-state index in [0.717, 1.165) is 11.3 Å². The lowest BCUT2D eigenvalue weighted by atomic mass is 10.1. The van der Waals surface area contributed by atoms with Crippen LogP contribution in [0.5, 0.6) is 5.88 Å². The molecule has 6 heteroatoms. The summed E-state index contributed by atoms with van der Waals surface area (Å²) in [5.74, 6) is 0.411. The van der Waals surface area contributed by atoms with Crippen molar-refractivity contribution in [3.8, 4) is 17.1 Å². The second-order valence-corrected chi connectivity index (χ2v) is 5.37. The van der Waals surface area contributed by atoms with Gasteiger partial charge >= 0.3 is 0 Å². The van der Waals surface area contributed by atoms with Crippen molar-refractivity contribution in [2.24, 2.45) is 7.05 Å². The molecule has 6 nitrogen and oxygen atoms in total. The van der Waals surface area contributed by atoms with Crippen LogP contribution in [0.2, 0.25) is 0 Å². The average Bonchev–Trinajstić information content (AvgIpc) is 3.07. The minimum atomic E-state index is -0.102. The highest BCUT2D eigenvalue weighted by atomic mass is 16.5. The Morgan fingerprint density at radius 3 is 2.42 bits per heavy atom. The highest BCUT2D eigenvalue weighted by molar-refractivity contribution is 6.05. The number of hydrogen-bond acceptors (Lipinski definition) is 4. The Labute approximate surface area is 140 Å². The lowest BCUT2D eigenvalue weighted by Crippen LogP contribution is -2.26. The van der Waals surface area contributed by atoms with E-state index in [1.807, 2.05) is 31.4 Å². The van der Waals surface area contributed by atoms with E-state index in [4.69, 9.17) is 4.74 Å². The molecule has 0 atom stereocenters. The van der Waals surface area contributed by atoms with E-state index in [2.05, 4.69) is 10.1 Å². The van der Waals surface area contributed by atoms with Crippen molar-refractivity contribution in [3.05, 3.63) is 60.4 Å². The van der Waals surface area contributed by atoms with E-state index < -0.39 is 0 Å². The van der Waals surface area contributed by atoms with E-state index in [1.165, 1.54) is 0 Å². The van der Waals surface area contributed by atoms with Gasteiger partial charge in [0.1, 0.15) is 0 Å². The van der Waals surface area contributed by atoms with E-state index in [9.17, 15) is 4.79 Å². The standard InChI is InChI=1S/C18H18N4O2/c1-21-11-10-16(20-21)13-4-6-14(7-5-13)18(23)22(2)15-8-9-17(24-3)19-12-15/h4-12H,1-3H3. The quantitative estimate of drug-likeness (QED) is 0.741. The lowest BCUT2D eigenvalue weighted by Gasteiger charge is -2.17. The molecule has 1 amide bonds. The molecule has 1 aromatic carbocycles. The molecule has 24 heavy (non-hydrogen) atoms. The number of pyridine rings is 1. The van der Waals surface area contributed by atoms with Crippen LogP contribution in [0.4, 0.5) is 5.69 Å². The number of benzene rings is 1. The van der Waals surface area contributed by atoms with Crippen molar-refractivity contribution in [1.29, 1.82) is 0 Å².